The molecule has 184 valence electrons. The van der Waals surface area contributed by atoms with E-state index < -0.39 is 0 Å². The molecule has 0 aliphatic carbocycles. The van der Waals surface area contributed by atoms with Crippen molar-refractivity contribution in [2.45, 2.75) is 0 Å². The first-order valence-corrected chi connectivity index (χ1v) is 13.6. The van der Waals surface area contributed by atoms with Crippen LogP contribution in [0.1, 0.15) is 0 Å². The summed E-state index contributed by atoms with van der Waals surface area (Å²) in [4.78, 5) is 19.8. The van der Waals surface area contributed by atoms with Crippen molar-refractivity contribution in [1.82, 2.24) is 19.9 Å². The van der Waals surface area contributed by atoms with Crippen LogP contribution >= 0.6 is 11.3 Å². The Morgan fingerprint density at radius 3 is 1.46 bits per heavy atom. The fraction of sp³-hybridized carbons (Fsp3) is 0. The summed E-state index contributed by atoms with van der Waals surface area (Å²) in [6.07, 6.45) is 0. The highest BCUT2D eigenvalue weighted by molar-refractivity contribution is 7.22. The lowest BCUT2D eigenvalue weighted by Crippen LogP contribution is -2.01. The number of hydrogen-bond acceptors (Lipinski definition) is 5. The van der Waals surface area contributed by atoms with Crippen molar-refractivity contribution >= 4 is 21.6 Å². The molecule has 0 unspecified atom stereocenters. The van der Waals surface area contributed by atoms with Crippen molar-refractivity contribution in [2.75, 3.05) is 0 Å². The first kappa shape index (κ1) is 23.1. The zero-order chi connectivity index (χ0) is 26.0. The van der Waals surface area contributed by atoms with Crippen LogP contribution in [0, 0.1) is 0 Å². The number of hydrogen-bond donors (Lipinski definition) is 0. The highest BCUT2D eigenvalue weighted by atomic mass is 32.1. The third kappa shape index (κ3) is 4.49. The molecule has 0 saturated heterocycles. The summed E-state index contributed by atoms with van der Waals surface area (Å²) >= 11 is 1.71. The lowest BCUT2D eigenvalue weighted by Gasteiger charge is -2.12. The Morgan fingerprint density at radius 2 is 0.846 bits per heavy atom. The Balaban J connectivity index is 1.43. The molecule has 2 heterocycles. The van der Waals surface area contributed by atoms with E-state index in [9.17, 15) is 0 Å². The molecule has 7 aromatic rings. The van der Waals surface area contributed by atoms with E-state index in [1.807, 2.05) is 84.9 Å². The second-order valence-corrected chi connectivity index (χ2v) is 10.1. The SMILES string of the molecule is c1ccc(-c2nc(-c3ccccc3)nc(-c3ccccc3-c3cccc4nc(-c5ccccc5)sc34)n2)cc1. The van der Waals surface area contributed by atoms with Gasteiger partial charge in [-0.3, -0.25) is 0 Å². The average molecular weight is 519 g/mol. The van der Waals surface area contributed by atoms with E-state index in [-0.39, 0.29) is 0 Å². The van der Waals surface area contributed by atoms with Crippen LogP contribution in [0.3, 0.4) is 0 Å². The Morgan fingerprint density at radius 1 is 0.359 bits per heavy atom. The molecule has 0 amide bonds. The summed E-state index contributed by atoms with van der Waals surface area (Å²) in [5.74, 6) is 1.94. The summed E-state index contributed by atoms with van der Waals surface area (Å²) in [5.41, 5.74) is 7.14. The topological polar surface area (TPSA) is 51.6 Å². The minimum absolute atomic E-state index is 0.642. The van der Waals surface area contributed by atoms with E-state index in [0.717, 1.165) is 48.6 Å². The summed E-state index contributed by atoms with van der Waals surface area (Å²) in [6.45, 7) is 0. The van der Waals surface area contributed by atoms with Gasteiger partial charge >= 0.3 is 0 Å². The zero-order valence-corrected chi connectivity index (χ0v) is 21.7. The van der Waals surface area contributed by atoms with Crippen molar-refractivity contribution in [3.63, 3.8) is 0 Å². The Hall–Kier alpha value is -5.00. The summed E-state index contributed by atoms with van der Waals surface area (Å²) in [7, 11) is 0. The molecular weight excluding hydrogens is 496 g/mol. The second kappa shape index (κ2) is 10.0. The first-order chi connectivity index (χ1) is 19.3. The summed E-state index contributed by atoms with van der Waals surface area (Å²) < 4.78 is 1.14. The van der Waals surface area contributed by atoms with Crippen molar-refractivity contribution < 1.29 is 0 Å². The lowest BCUT2D eigenvalue weighted by atomic mass is 9.98. The predicted molar refractivity (Wildman–Crippen MR) is 160 cm³/mol. The predicted octanol–water partition coefficient (Wildman–Crippen LogP) is 8.82. The van der Waals surface area contributed by atoms with Gasteiger partial charge in [0.2, 0.25) is 0 Å². The molecule has 5 aromatic carbocycles. The van der Waals surface area contributed by atoms with E-state index in [1.54, 1.807) is 11.3 Å². The average Bonchev–Trinajstić information content (AvgIpc) is 3.47. The lowest BCUT2D eigenvalue weighted by molar-refractivity contribution is 1.07. The van der Waals surface area contributed by atoms with Crippen LogP contribution in [0.15, 0.2) is 133 Å². The smallest absolute Gasteiger partial charge is 0.164 e. The van der Waals surface area contributed by atoms with Gasteiger partial charge in [-0.2, -0.15) is 0 Å². The molecule has 4 nitrogen and oxygen atoms in total. The van der Waals surface area contributed by atoms with Gasteiger partial charge in [-0.05, 0) is 11.6 Å². The number of rotatable bonds is 5. The van der Waals surface area contributed by atoms with Crippen LogP contribution < -0.4 is 0 Å². The fourth-order valence-corrected chi connectivity index (χ4v) is 5.80. The van der Waals surface area contributed by atoms with Crippen LogP contribution in [0.2, 0.25) is 0 Å². The molecular formula is C34H22N4S. The van der Waals surface area contributed by atoms with Crippen LogP contribution in [0.5, 0.6) is 0 Å². The molecule has 0 fully saturated rings. The van der Waals surface area contributed by atoms with Crippen molar-refractivity contribution in [3.05, 3.63) is 133 Å². The maximum atomic E-state index is 4.98. The molecule has 0 bridgehead atoms. The van der Waals surface area contributed by atoms with Gasteiger partial charge in [-0.25, -0.2) is 19.9 Å². The number of benzene rings is 5. The van der Waals surface area contributed by atoms with Gasteiger partial charge in [-0.15, -0.1) is 11.3 Å². The van der Waals surface area contributed by atoms with Gasteiger partial charge in [0.15, 0.2) is 17.5 Å². The standard InChI is InChI=1S/C34H22N4S/c1-4-13-23(14-5-1)31-36-32(24-15-6-2-7-16-24)38-33(37-31)28-20-11-10-19-26(28)27-21-12-22-29-30(27)39-34(35-29)25-17-8-3-9-18-25/h1-22H. The summed E-state index contributed by atoms with van der Waals surface area (Å²) in [5, 5.41) is 1.01. The van der Waals surface area contributed by atoms with Crippen LogP contribution in [-0.4, -0.2) is 19.9 Å². The molecule has 39 heavy (non-hydrogen) atoms. The minimum atomic E-state index is 0.642. The molecule has 0 aliphatic heterocycles. The quantitative estimate of drug-likeness (QED) is 0.228. The number of aromatic nitrogens is 4. The maximum Gasteiger partial charge on any atom is 0.164 e. The molecule has 2 aromatic heterocycles. The molecule has 0 aliphatic rings. The molecule has 0 spiro atoms. The van der Waals surface area contributed by atoms with Gasteiger partial charge in [0.05, 0.1) is 10.2 Å². The third-order valence-electron chi connectivity index (χ3n) is 6.59. The largest absolute Gasteiger partial charge is 0.236 e. The van der Waals surface area contributed by atoms with Gasteiger partial charge in [0, 0.05) is 27.8 Å². The molecule has 0 N–H and O–H groups in total. The molecule has 5 heteroatoms. The highest BCUT2D eigenvalue weighted by Gasteiger charge is 2.18. The molecule has 0 saturated carbocycles. The van der Waals surface area contributed by atoms with Gasteiger partial charge < -0.3 is 0 Å². The van der Waals surface area contributed by atoms with Crippen molar-refractivity contribution in [3.8, 4) is 55.9 Å². The van der Waals surface area contributed by atoms with Crippen LogP contribution in [-0.2, 0) is 0 Å². The van der Waals surface area contributed by atoms with E-state index in [4.69, 9.17) is 19.9 Å². The van der Waals surface area contributed by atoms with E-state index in [0.29, 0.717) is 17.5 Å². The van der Waals surface area contributed by atoms with E-state index in [1.165, 1.54) is 0 Å². The fourth-order valence-electron chi connectivity index (χ4n) is 4.71. The highest BCUT2D eigenvalue weighted by Crippen LogP contribution is 2.40. The van der Waals surface area contributed by atoms with Gasteiger partial charge in [0.1, 0.15) is 5.01 Å². The van der Waals surface area contributed by atoms with Crippen molar-refractivity contribution in [1.29, 1.82) is 0 Å². The zero-order valence-electron chi connectivity index (χ0n) is 20.9. The first-order valence-electron chi connectivity index (χ1n) is 12.8. The van der Waals surface area contributed by atoms with Gasteiger partial charge in [0.25, 0.3) is 0 Å². The number of fused-ring (bicyclic) bond motifs is 1. The van der Waals surface area contributed by atoms with Crippen LogP contribution in [0.4, 0.5) is 0 Å². The van der Waals surface area contributed by atoms with Crippen LogP contribution in [0.25, 0.3) is 66.1 Å². The Labute approximate surface area is 230 Å². The Kier molecular flexibility index (Phi) is 5.96. The summed E-state index contributed by atoms with van der Waals surface area (Å²) in [6, 6.07) is 45.1. The maximum absolute atomic E-state index is 4.98. The molecule has 7 rings (SSSR count). The molecule has 0 radical (unpaired) electrons. The van der Waals surface area contributed by atoms with E-state index >= 15 is 0 Å². The Bertz CT molecular complexity index is 1840. The minimum Gasteiger partial charge on any atom is -0.236 e. The van der Waals surface area contributed by atoms with Gasteiger partial charge in [-0.1, -0.05) is 127 Å². The second-order valence-electron chi connectivity index (χ2n) is 9.12. The number of thiazole rings is 1. The normalized spacial score (nSPS) is 11.1. The monoisotopic (exact) mass is 518 g/mol. The van der Waals surface area contributed by atoms with E-state index in [2.05, 4.69) is 48.5 Å². The molecule has 0 atom stereocenters. The van der Waals surface area contributed by atoms with Crippen molar-refractivity contribution in [2.24, 2.45) is 0 Å². The third-order valence-corrected chi connectivity index (χ3v) is 7.75. The number of nitrogens with zero attached hydrogens (tertiary/aromatic N) is 4.